The van der Waals surface area contributed by atoms with Crippen LogP contribution in [0.15, 0.2) is 97.2 Å². The van der Waals surface area contributed by atoms with Crippen LogP contribution in [0.5, 0.6) is 0 Å². The summed E-state index contributed by atoms with van der Waals surface area (Å²) in [5.74, 6) is 0.181. The lowest BCUT2D eigenvalue weighted by molar-refractivity contribution is -0.117. The second-order valence-electron chi connectivity index (χ2n) is 12.6. The summed E-state index contributed by atoms with van der Waals surface area (Å²) < 4.78 is 5.36. The number of hydrogen-bond donors (Lipinski definition) is 4. The first-order chi connectivity index (χ1) is 22.9. The lowest BCUT2D eigenvalue weighted by atomic mass is 9.71. The van der Waals surface area contributed by atoms with Crippen LogP contribution in [0.1, 0.15) is 62.5 Å². The Bertz CT molecular complexity index is 1680. The number of aromatic nitrogens is 1. The summed E-state index contributed by atoms with van der Waals surface area (Å²) in [6.07, 6.45) is 6.53. The Morgan fingerprint density at radius 3 is 2.17 bits per heavy atom. The molecule has 242 valence electrons. The molecule has 0 atom stereocenters. The van der Waals surface area contributed by atoms with E-state index in [4.69, 9.17) is 9.72 Å². The molecule has 2 fully saturated rings. The number of amides is 3. The Hall–Kier alpha value is -5.18. The molecule has 1 heterocycles. The highest BCUT2D eigenvalue weighted by atomic mass is 16.5. The molecule has 0 radical (unpaired) electrons. The predicted octanol–water partition coefficient (Wildman–Crippen LogP) is 7.88. The van der Waals surface area contributed by atoms with Gasteiger partial charge >= 0.3 is 12.2 Å². The topological polar surface area (TPSA) is 130 Å². The maximum atomic E-state index is 13.1. The third-order valence-electron chi connectivity index (χ3n) is 9.38. The fourth-order valence-electron chi connectivity index (χ4n) is 6.69. The van der Waals surface area contributed by atoms with E-state index in [9.17, 15) is 19.5 Å². The number of pyridine rings is 1. The van der Waals surface area contributed by atoms with E-state index in [1.54, 1.807) is 6.20 Å². The molecule has 0 aliphatic heterocycles. The molecule has 0 spiro atoms. The van der Waals surface area contributed by atoms with Crippen molar-refractivity contribution in [3.05, 3.63) is 108 Å². The molecule has 47 heavy (non-hydrogen) atoms. The number of carboxylic acid groups (broad SMARTS) is 1. The van der Waals surface area contributed by atoms with Gasteiger partial charge in [-0.1, -0.05) is 84.9 Å². The normalized spacial score (nSPS) is 18.3. The fraction of sp³-hybridized carbons (Fsp3) is 0.316. The number of nitrogens with one attached hydrogen (secondary N) is 3. The van der Waals surface area contributed by atoms with Crippen LogP contribution in [0.3, 0.4) is 0 Å². The van der Waals surface area contributed by atoms with Crippen LogP contribution >= 0.6 is 0 Å². The van der Waals surface area contributed by atoms with Gasteiger partial charge in [-0.25, -0.2) is 9.59 Å². The molecule has 0 unspecified atom stereocenters. The molecule has 2 aliphatic rings. The number of carbonyl (C=O) groups excluding carboxylic acids is 2. The van der Waals surface area contributed by atoms with Crippen molar-refractivity contribution in [1.82, 2.24) is 15.6 Å². The first kappa shape index (κ1) is 31.8. The van der Waals surface area contributed by atoms with Gasteiger partial charge in [0.05, 0.1) is 23.1 Å². The summed E-state index contributed by atoms with van der Waals surface area (Å²) in [6.45, 7) is 0.239. The smallest absolute Gasteiger partial charge is 0.407 e. The van der Waals surface area contributed by atoms with Gasteiger partial charge in [0.15, 0.2) is 0 Å². The highest BCUT2D eigenvalue weighted by Gasteiger charge is 2.40. The number of benzene rings is 3. The zero-order valence-electron chi connectivity index (χ0n) is 26.3. The Morgan fingerprint density at radius 1 is 0.851 bits per heavy atom. The van der Waals surface area contributed by atoms with E-state index in [1.165, 1.54) is 0 Å². The minimum atomic E-state index is -1.01. The molecule has 3 aromatic carbocycles. The summed E-state index contributed by atoms with van der Waals surface area (Å²) in [5.41, 5.74) is 5.56. The van der Waals surface area contributed by atoms with E-state index < -0.39 is 17.7 Å². The molecule has 4 aromatic rings. The summed E-state index contributed by atoms with van der Waals surface area (Å²) >= 11 is 0. The number of rotatable bonds is 10. The molecule has 6 rings (SSSR count). The standard InChI is InChI=1S/C38H40N4O5/c43-34(22-26-12-18-31(19-13-26)41-37(46)47-25-27-8-3-1-4-9-27)40-32-23-33(28-10-5-2-6-11-28)35(39-24-32)29-14-16-30(17-15-29)38(20-7-21-38)42-36(44)45/h1-6,8-11,14-17,23-24,26,31,42H,7,12-13,18-22,25H2,(H,40,43)(H,41,46)(H,44,45). The molecular weight excluding hydrogens is 592 g/mol. The second kappa shape index (κ2) is 14.5. The molecule has 0 bridgehead atoms. The van der Waals surface area contributed by atoms with Crippen molar-refractivity contribution in [3.8, 4) is 22.4 Å². The average molecular weight is 633 g/mol. The van der Waals surface area contributed by atoms with E-state index in [-0.39, 0.29) is 24.5 Å². The van der Waals surface area contributed by atoms with Crippen LogP contribution in [0, 0.1) is 5.92 Å². The molecule has 2 saturated carbocycles. The molecule has 0 saturated heterocycles. The quantitative estimate of drug-likeness (QED) is 0.141. The molecule has 4 N–H and O–H groups in total. The van der Waals surface area contributed by atoms with Gasteiger partial charge in [0.1, 0.15) is 6.61 Å². The lowest BCUT2D eigenvalue weighted by Crippen LogP contribution is -2.50. The Labute approximate surface area is 274 Å². The monoisotopic (exact) mass is 632 g/mol. The minimum absolute atomic E-state index is 0.0458. The van der Waals surface area contributed by atoms with Gasteiger partial charge in [-0.05, 0) is 73.6 Å². The molecule has 9 heteroatoms. The van der Waals surface area contributed by atoms with Crippen molar-refractivity contribution in [3.63, 3.8) is 0 Å². The van der Waals surface area contributed by atoms with Crippen molar-refractivity contribution >= 4 is 23.8 Å². The number of anilines is 1. The van der Waals surface area contributed by atoms with Gasteiger partial charge in [-0.2, -0.15) is 0 Å². The van der Waals surface area contributed by atoms with Crippen LogP contribution < -0.4 is 16.0 Å². The third-order valence-corrected chi connectivity index (χ3v) is 9.38. The molecule has 3 amide bonds. The molecule has 9 nitrogen and oxygen atoms in total. The summed E-state index contributed by atoms with van der Waals surface area (Å²) in [5, 5.41) is 18.1. The number of carbonyl (C=O) groups is 3. The highest BCUT2D eigenvalue weighted by Crippen LogP contribution is 2.42. The summed E-state index contributed by atoms with van der Waals surface area (Å²) in [7, 11) is 0. The Kier molecular flexibility index (Phi) is 9.80. The SMILES string of the molecule is O=C(O)NC1(c2ccc(-c3ncc(NC(=O)CC4CCC(NC(=O)OCc5ccccc5)CC4)cc3-c3ccccc3)cc2)CCC1. The van der Waals surface area contributed by atoms with Gasteiger partial charge in [-0.15, -0.1) is 0 Å². The van der Waals surface area contributed by atoms with Crippen LogP contribution in [0.2, 0.25) is 0 Å². The van der Waals surface area contributed by atoms with Crippen molar-refractivity contribution in [2.24, 2.45) is 5.92 Å². The van der Waals surface area contributed by atoms with E-state index in [0.717, 1.165) is 78.5 Å². The van der Waals surface area contributed by atoms with E-state index in [2.05, 4.69) is 16.0 Å². The number of alkyl carbamates (subject to hydrolysis) is 1. The first-order valence-corrected chi connectivity index (χ1v) is 16.3. The number of hydrogen-bond acceptors (Lipinski definition) is 5. The minimum Gasteiger partial charge on any atom is -0.465 e. The van der Waals surface area contributed by atoms with Crippen LogP contribution in [-0.2, 0) is 21.7 Å². The predicted molar refractivity (Wildman–Crippen MR) is 181 cm³/mol. The molecular formula is C38H40N4O5. The van der Waals surface area contributed by atoms with E-state index >= 15 is 0 Å². The van der Waals surface area contributed by atoms with Crippen LogP contribution in [0.25, 0.3) is 22.4 Å². The Morgan fingerprint density at radius 2 is 1.53 bits per heavy atom. The van der Waals surface area contributed by atoms with Crippen LogP contribution in [0.4, 0.5) is 15.3 Å². The maximum absolute atomic E-state index is 13.1. The van der Waals surface area contributed by atoms with Gasteiger partial charge in [-0.3, -0.25) is 9.78 Å². The number of ether oxygens (including phenoxy) is 1. The van der Waals surface area contributed by atoms with Gasteiger partial charge in [0, 0.05) is 23.6 Å². The van der Waals surface area contributed by atoms with Gasteiger partial charge in [0.25, 0.3) is 0 Å². The lowest BCUT2D eigenvalue weighted by Gasteiger charge is -2.42. The first-order valence-electron chi connectivity index (χ1n) is 16.3. The van der Waals surface area contributed by atoms with Crippen LogP contribution in [-0.4, -0.2) is 34.2 Å². The average Bonchev–Trinajstić information content (AvgIpc) is 3.07. The van der Waals surface area contributed by atoms with E-state index in [0.29, 0.717) is 12.1 Å². The molecule has 2 aliphatic carbocycles. The summed E-state index contributed by atoms with van der Waals surface area (Å²) in [6, 6.07) is 29.5. The molecule has 1 aromatic heterocycles. The van der Waals surface area contributed by atoms with E-state index in [1.807, 2.05) is 91.0 Å². The fourth-order valence-corrected chi connectivity index (χ4v) is 6.69. The largest absolute Gasteiger partial charge is 0.465 e. The maximum Gasteiger partial charge on any atom is 0.407 e. The zero-order chi connectivity index (χ0) is 32.6. The zero-order valence-corrected chi connectivity index (χ0v) is 26.3. The second-order valence-corrected chi connectivity index (χ2v) is 12.6. The highest BCUT2D eigenvalue weighted by molar-refractivity contribution is 5.93. The van der Waals surface area contributed by atoms with Gasteiger partial charge in [0.2, 0.25) is 5.91 Å². The summed E-state index contributed by atoms with van der Waals surface area (Å²) in [4.78, 5) is 41.6. The van der Waals surface area contributed by atoms with Crippen molar-refractivity contribution in [2.75, 3.05) is 5.32 Å². The van der Waals surface area contributed by atoms with Crippen molar-refractivity contribution < 1.29 is 24.2 Å². The number of nitrogens with zero attached hydrogens (tertiary/aromatic N) is 1. The third kappa shape index (κ3) is 7.98. The Balaban J connectivity index is 1.06. The van der Waals surface area contributed by atoms with Crippen molar-refractivity contribution in [2.45, 2.75) is 69.6 Å². The van der Waals surface area contributed by atoms with Gasteiger partial charge < -0.3 is 25.8 Å². The van der Waals surface area contributed by atoms with Crippen molar-refractivity contribution in [1.29, 1.82) is 0 Å².